The fraction of sp³-hybridized carbons (Fsp3) is 0.577. The van der Waals surface area contributed by atoms with Crippen molar-refractivity contribution in [2.75, 3.05) is 39.5 Å². The van der Waals surface area contributed by atoms with Crippen molar-refractivity contribution in [3.05, 3.63) is 47.0 Å². The van der Waals surface area contributed by atoms with Crippen molar-refractivity contribution in [1.29, 1.82) is 5.26 Å². The van der Waals surface area contributed by atoms with Crippen LogP contribution in [0.1, 0.15) is 31.4 Å². The van der Waals surface area contributed by atoms with Crippen LogP contribution in [-0.4, -0.2) is 102 Å². The van der Waals surface area contributed by atoms with Crippen LogP contribution in [0.2, 0.25) is 0 Å². The number of carbonyl (C=O) groups is 2. The Balaban J connectivity index is 1.62. The van der Waals surface area contributed by atoms with E-state index in [1.54, 1.807) is 13.8 Å². The van der Waals surface area contributed by atoms with Crippen LogP contribution in [-0.2, 0) is 20.7 Å². The van der Waals surface area contributed by atoms with Gasteiger partial charge in [-0.25, -0.2) is 13.6 Å². The lowest BCUT2D eigenvalue weighted by Gasteiger charge is -2.36. The third kappa shape index (κ3) is 8.47. The molecular formula is C26H35BF2N4O6. The van der Waals surface area contributed by atoms with E-state index in [2.05, 4.69) is 5.32 Å². The number of morpholine rings is 1. The van der Waals surface area contributed by atoms with E-state index in [9.17, 15) is 33.7 Å². The summed E-state index contributed by atoms with van der Waals surface area (Å²) in [5, 5.41) is 31.6. The highest BCUT2D eigenvalue weighted by Crippen LogP contribution is 2.33. The molecule has 3 rings (SSSR count). The molecule has 1 aromatic rings. The molecule has 2 heterocycles. The number of rotatable bonds is 9. The summed E-state index contributed by atoms with van der Waals surface area (Å²) >= 11 is 0. The van der Waals surface area contributed by atoms with Gasteiger partial charge in [0.2, 0.25) is 0 Å². The Labute approximate surface area is 227 Å². The van der Waals surface area contributed by atoms with Crippen LogP contribution in [0.25, 0.3) is 0 Å². The van der Waals surface area contributed by atoms with Crippen molar-refractivity contribution in [3.63, 3.8) is 0 Å². The van der Waals surface area contributed by atoms with Gasteiger partial charge in [-0.05, 0) is 38.8 Å². The number of ether oxygens (including phenoxy) is 2. The Morgan fingerprint density at radius 3 is 2.62 bits per heavy atom. The predicted octanol–water partition coefficient (Wildman–Crippen LogP) is 1.44. The van der Waals surface area contributed by atoms with E-state index >= 15 is 0 Å². The molecule has 0 aromatic heterocycles. The molecule has 39 heavy (non-hydrogen) atoms. The minimum absolute atomic E-state index is 0.0505. The van der Waals surface area contributed by atoms with Crippen LogP contribution >= 0.6 is 0 Å². The highest BCUT2D eigenvalue weighted by molar-refractivity contribution is 6.43. The summed E-state index contributed by atoms with van der Waals surface area (Å²) < 4.78 is 38.2. The van der Waals surface area contributed by atoms with Gasteiger partial charge in [0.1, 0.15) is 18.2 Å². The number of likely N-dealkylation sites (tertiary alicyclic amines) is 1. The average molecular weight is 548 g/mol. The van der Waals surface area contributed by atoms with E-state index in [4.69, 9.17) is 9.47 Å². The number of hydrogen-bond donors (Lipinski definition) is 3. The summed E-state index contributed by atoms with van der Waals surface area (Å²) in [5.41, 5.74) is 0.661. The molecule has 0 saturated carbocycles. The van der Waals surface area contributed by atoms with Gasteiger partial charge in [-0.15, -0.1) is 0 Å². The maximum Gasteiger partial charge on any atom is 0.475 e. The van der Waals surface area contributed by atoms with Gasteiger partial charge >= 0.3 is 13.2 Å². The number of alkyl halides is 2. The van der Waals surface area contributed by atoms with Gasteiger partial charge < -0.3 is 29.7 Å². The van der Waals surface area contributed by atoms with Crippen LogP contribution in [0, 0.1) is 18.3 Å². The molecule has 0 spiro atoms. The number of carbonyl (C=O) groups excluding carboxylic acids is 2. The van der Waals surface area contributed by atoms with Gasteiger partial charge in [0.05, 0.1) is 31.7 Å². The zero-order valence-electron chi connectivity index (χ0n) is 22.4. The molecule has 3 N–H and O–H groups in total. The van der Waals surface area contributed by atoms with E-state index in [0.717, 1.165) is 11.1 Å². The van der Waals surface area contributed by atoms with Gasteiger partial charge in [0.25, 0.3) is 11.8 Å². The molecule has 2 atom stereocenters. The Morgan fingerprint density at radius 2 is 2.03 bits per heavy atom. The van der Waals surface area contributed by atoms with Crippen molar-refractivity contribution >= 4 is 19.1 Å². The number of alkyl carbamates (subject to hydrolysis) is 1. The molecule has 13 heteroatoms. The minimum atomic E-state index is -2.82. The Kier molecular flexibility index (Phi) is 10.1. The summed E-state index contributed by atoms with van der Waals surface area (Å²) in [6.07, 6.45) is 0.351. The number of amides is 2. The lowest BCUT2D eigenvalue weighted by atomic mass is 9.76. The van der Waals surface area contributed by atoms with Crippen molar-refractivity contribution in [3.8, 4) is 6.07 Å². The standard InChI is InChI=1S/C26H35BF2N4O6/c1-18-4-6-19(7-5-18)12-22(27(36)37)31-24(35)39-16-21-15-38-11-10-33(21)23(34)20(14-30)13-25(2,3)32-9-8-26(28,29)17-32/h4-7,13,21-22,36-37H,8-12,15-17H2,1-3H3,(H,31,35)/t21-,22?/m1/s1. The molecule has 0 aliphatic carbocycles. The lowest BCUT2D eigenvalue weighted by molar-refractivity contribution is -0.137. The van der Waals surface area contributed by atoms with E-state index in [1.807, 2.05) is 37.3 Å². The fourth-order valence-corrected chi connectivity index (χ4v) is 4.60. The molecule has 212 valence electrons. The maximum absolute atomic E-state index is 13.8. The number of hydrogen-bond acceptors (Lipinski definition) is 8. The topological polar surface area (TPSA) is 135 Å². The second-order valence-electron chi connectivity index (χ2n) is 10.5. The van der Waals surface area contributed by atoms with Gasteiger partial charge in [-0.2, -0.15) is 5.26 Å². The summed E-state index contributed by atoms with van der Waals surface area (Å²) in [7, 11) is -1.84. The zero-order chi connectivity index (χ0) is 28.8. The van der Waals surface area contributed by atoms with Crippen LogP contribution in [0.4, 0.5) is 13.6 Å². The quantitative estimate of drug-likeness (QED) is 0.240. The molecular weight excluding hydrogens is 513 g/mol. The van der Waals surface area contributed by atoms with Crippen molar-refractivity contribution in [2.24, 2.45) is 0 Å². The van der Waals surface area contributed by atoms with E-state index in [1.165, 1.54) is 15.9 Å². The maximum atomic E-state index is 13.8. The molecule has 10 nitrogen and oxygen atoms in total. The minimum Gasteiger partial charge on any atom is -0.447 e. The average Bonchev–Trinajstić information content (AvgIpc) is 3.27. The van der Waals surface area contributed by atoms with Gasteiger partial charge in [-0.3, -0.25) is 9.69 Å². The van der Waals surface area contributed by atoms with E-state index in [0.29, 0.717) is 0 Å². The van der Waals surface area contributed by atoms with Gasteiger partial charge in [0.15, 0.2) is 0 Å². The van der Waals surface area contributed by atoms with E-state index < -0.39 is 49.1 Å². The predicted molar refractivity (Wildman–Crippen MR) is 139 cm³/mol. The Hall–Kier alpha value is -3.05. The third-order valence-electron chi connectivity index (χ3n) is 6.97. The number of aryl methyl sites for hydroxylation is 1. The first-order valence-electron chi connectivity index (χ1n) is 12.8. The molecule has 2 aliphatic rings. The SMILES string of the molecule is Cc1ccc(CC(NC(=O)OC[C@H]2COCCN2C(=O)C(C#N)=CC(C)(C)N2CCC(F)(F)C2)B(O)O)cc1. The van der Waals surface area contributed by atoms with Crippen molar-refractivity contribution in [2.45, 2.75) is 57.1 Å². The molecule has 2 saturated heterocycles. The largest absolute Gasteiger partial charge is 0.475 e. The molecule has 2 aliphatic heterocycles. The number of nitriles is 1. The number of benzene rings is 1. The molecule has 2 amide bonds. The lowest BCUT2D eigenvalue weighted by Crippen LogP contribution is -2.53. The van der Waals surface area contributed by atoms with Crippen molar-refractivity contribution in [1.82, 2.24) is 15.1 Å². The number of nitrogens with one attached hydrogen (secondary N) is 1. The first-order valence-corrected chi connectivity index (χ1v) is 12.8. The third-order valence-corrected chi connectivity index (χ3v) is 6.97. The monoisotopic (exact) mass is 548 g/mol. The second kappa shape index (κ2) is 12.9. The van der Waals surface area contributed by atoms with Gasteiger partial charge in [0, 0.05) is 25.0 Å². The number of nitrogens with zero attached hydrogens (tertiary/aromatic N) is 3. The molecule has 2 fully saturated rings. The van der Waals surface area contributed by atoms with Gasteiger partial charge in [-0.1, -0.05) is 29.8 Å². The summed E-state index contributed by atoms with van der Waals surface area (Å²) in [5.74, 6) is -4.47. The first kappa shape index (κ1) is 30.5. The van der Waals surface area contributed by atoms with Crippen molar-refractivity contribution < 1.29 is 37.9 Å². The first-order chi connectivity index (χ1) is 18.3. The second-order valence-corrected chi connectivity index (χ2v) is 10.5. The molecule has 0 radical (unpaired) electrons. The molecule has 1 aromatic carbocycles. The summed E-state index contributed by atoms with van der Waals surface area (Å²) in [4.78, 5) is 28.7. The van der Waals surface area contributed by atoms with E-state index in [-0.39, 0.29) is 51.3 Å². The van der Waals surface area contributed by atoms with Crippen LogP contribution < -0.4 is 5.32 Å². The molecule has 1 unspecified atom stereocenters. The fourth-order valence-electron chi connectivity index (χ4n) is 4.60. The highest BCUT2D eigenvalue weighted by atomic mass is 19.3. The Bertz CT molecular complexity index is 1090. The summed E-state index contributed by atoms with van der Waals surface area (Å²) in [6.45, 7) is 5.08. The Morgan fingerprint density at radius 1 is 1.33 bits per heavy atom. The highest BCUT2D eigenvalue weighted by Gasteiger charge is 2.43. The van der Waals surface area contributed by atoms with Crippen LogP contribution in [0.3, 0.4) is 0 Å². The normalized spacial score (nSPS) is 20.7. The van der Waals surface area contributed by atoms with Crippen LogP contribution in [0.15, 0.2) is 35.9 Å². The summed E-state index contributed by atoms with van der Waals surface area (Å²) in [6, 6.07) is 8.56. The number of halogens is 2. The molecule has 0 bridgehead atoms. The van der Waals surface area contributed by atoms with Crippen LogP contribution in [0.5, 0.6) is 0 Å². The smallest absolute Gasteiger partial charge is 0.447 e. The zero-order valence-corrected chi connectivity index (χ0v) is 22.4.